The van der Waals surface area contributed by atoms with Crippen LogP contribution in [0.1, 0.15) is 22.0 Å². The first kappa shape index (κ1) is 20.7. The molecule has 0 saturated carbocycles. The highest BCUT2D eigenvalue weighted by Gasteiger charge is 2.10. The summed E-state index contributed by atoms with van der Waals surface area (Å²) < 4.78 is 0. The maximum Gasteiger partial charge on any atom is 0.193 e. The summed E-state index contributed by atoms with van der Waals surface area (Å²) in [5, 5.41) is 7.98. The average molecular weight is 483 g/mol. The third-order valence-electron chi connectivity index (χ3n) is 4.32. The van der Waals surface area contributed by atoms with Crippen LogP contribution in [0.4, 0.5) is 0 Å². The van der Waals surface area contributed by atoms with Crippen molar-refractivity contribution < 1.29 is 0 Å². The van der Waals surface area contributed by atoms with Crippen molar-refractivity contribution in [3.8, 4) is 0 Å². The third kappa shape index (κ3) is 4.76. The minimum atomic E-state index is 0. The number of aryl methyl sites for hydroxylation is 2. The van der Waals surface area contributed by atoms with Crippen molar-refractivity contribution in [3.63, 3.8) is 0 Å². The van der Waals surface area contributed by atoms with Gasteiger partial charge < -0.3 is 15.2 Å². The number of aromatic amines is 1. The molecule has 2 N–H and O–H groups in total. The molecule has 0 spiro atoms. The number of rotatable bonds is 5. The van der Waals surface area contributed by atoms with Crippen LogP contribution in [0.3, 0.4) is 0 Å². The summed E-state index contributed by atoms with van der Waals surface area (Å²) in [6, 6.07) is 8.47. The molecule has 0 aliphatic rings. The van der Waals surface area contributed by atoms with E-state index in [1.54, 1.807) is 11.3 Å². The van der Waals surface area contributed by atoms with Gasteiger partial charge in [0, 0.05) is 42.6 Å². The summed E-state index contributed by atoms with van der Waals surface area (Å²) in [6.45, 7) is 5.78. The minimum absolute atomic E-state index is 0. The Morgan fingerprint density at radius 2 is 2.08 bits per heavy atom. The lowest BCUT2D eigenvalue weighted by molar-refractivity contribution is 0.471. The number of nitrogens with one attached hydrogen (secondary N) is 2. The Balaban J connectivity index is 0.00000243. The fourth-order valence-corrected chi connectivity index (χ4v) is 3.74. The highest BCUT2D eigenvalue weighted by Crippen LogP contribution is 2.21. The molecule has 140 valence electrons. The molecular formula is C19H26IN5S. The Hall–Kier alpha value is -1.61. The van der Waals surface area contributed by atoms with Gasteiger partial charge in [-0.3, -0.25) is 4.99 Å². The Bertz CT molecular complexity index is 883. The number of halogens is 1. The number of guanidine groups is 1. The molecular weight excluding hydrogens is 457 g/mol. The second kappa shape index (κ2) is 9.36. The second-order valence-electron chi connectivity index (χ2n) is 6.21. The molecule has 3 aromatic rings. The summed E-state index contributed by atoms with van der Waals surface area (Å²) in [5.41, 5.74) is 4.90. The first-order valence-corrected chi connectivity index (χ1v) is 9.35. The van der Waals surface area contributed by atoms with Gasteiger partial charge in [0.25, 0.3) is 0 Å². The van der Waals surface area contributed by atoms with Crippen LogP contribution >= 0.6 is 35.3 Å². The van der Waals surface area contributed by atoms with Crippen LogP contribution in [-0.2, 0) is 13.0 Å². The molecule has 0 aliphatic heterocycles. The van der Waals surface area contributed by atoms with Crippen LogP contribution in [-0.4, -0.2) is 41.5 Å². The Kier molecular flexibility index (Phi) is 7.45. The molecule has 0 saturated heterocycles. The highest BCUT2D eigenvalue weighted by molar-refractivity contribution is 14.0. The molecule has 7 heteroatoms. The zero-order valence-electron chi connectivity index (χ0n) is 15.7. The molecule has 1 aromatic carbocycles. The SMILES string of the molecule is CN=C(NCCc1c(C)[nH]c2ccccc12)N(C)Cc1csc(C)n1.I. The summed E-state index contributed by atoms with van der Waals surface area (Å²) in [5.74, 6) is 0.892. The number of hydrogen-bond donors (Lipinski definition) is 2. The summed E-state index contributed by atoms with van der Waals surface area (Å²) in [6.07, 6.45) is 0.957. The third-order valence-corrected chi connectivity index (χ3v) is 5.15. The molecule has 2 aromatic heterocycles. The smallest absolute Gasteiger partial charge is 0.193 e. The molecule has 3 rings (SSSR count). The molecule has 0 amide bonds. The van der Waals surface area contributed by atoms with E-state index in [2.05, 4.69) is 61.7 Å². The zero-order valence-corrected chi connectivity index (χ0v) is 18.8. The number of aromatic nitrogens is 2. The number of nitrogens with zero attached hydrogens (tertiary/aromatic N) is 3. The molecule has 2 heterocycles. The van der Waals surface area contributed by atoms with Crippen LogP contribution in [0.2, 0.25) is 0 Å². The Labute approximate surface area is 176 Å². The van der Waals surface area contributed by atoms with Crippen molar-refractivity contribution in [2.45, 2.75) is 26.8 Å². The van der Waals surface area contributed by atoms with Crippen molar-refractivity contribution in [1.29, 1.82) is 0 Å². The van der Waals surface area contributed by atoms with Gasteiger partial charge in [0.15, 0.2) is 5.96 Å². The van der Waals surface area contributed by atoms with E-state index < -0.39 is 0 Å². The largest absolute Gasteiger partial charge is 0.358 e. The van der Waals surface area contributed by atoms with Crippen LogP contribution in [0, 0.1) is 13.8 Å². The Morgan fingerprint density at radius 3 is 2.77 bits per heavy atom. The van der Waals surface area contributed by atoms with Crippen LogP contribution < -0.4 is 5.32 Å². The standard InChI is InChI=1S/C19H25N5S.HI/c1-13-16(17-7-5-6-8-18(17)22-13)9-10-21-19(20-3)24(4)11-15-12-25-14(2)23-15;/h5-8,12,22H,9-11H2,1-4H3,(H,20,21);1H. The normalized spacial score (nSPS) is 11.5. The van der Waals surface area contributed by atoms with Gasteiger partial charge in [-0.2, -0.15) is 0 Å². The molecule has 0 fully saturated rings. The summed E-state index contributed by atoms with van der Waals surface area (Å²) in [4.78, 5) is 14.5. The van der Waals surface area contributed by atoms with Gasteiger partial charge in [0.05, 0.1) is 17.2 Å². The quantitative estimate of drug-likeness (QED) is 0.326. The van der Waals surface area contributed by atoms with E-state index in [1.807, 2.05) is 21.0 Å². The maximum atomic E-state index is 4.52. The second-order valence-corrected chi connectivity index (χ2v) is 7.27. The van der Waals surface area contributed by atoms with Gasteiger partial charge in [0.1, 0.15) is 0 Å². The molecule has 0 bridgehead atoms. The molecule has 0 atom stereocenters. The van der Waals surface area contributed by atoms with E-state index in [0.29, 0.717) is 0 Å². The summed E-state index contributed by atoms with van der Waals surface area (Å²) >= 11 is 1.68. The number of fused-ring (bicyclic) bond motifs is 1. The highest BCUT2D eigenvalue weighted by atomic mass is 127. The maximum absolute atomic E-state index is 4.52. The lowest BCUT2D eigenvalue weighted by atomic mass is 10.1. The first-order chi connectivity index (χ1) is 12.1. The fraction of sp³-hybridized carbons (Fsp3) is 0.368. The van der Waals surface area contributed by atoms with Gasteiger partial charge >= 0.3 is 0 Å². The predicted octanol–water partition coefficient (Wildman–Crippen LogP) is 4.11. The van der Waals surface area contributed by atoms with E-state index in [0.717, 1.165) is 36.2 Å². The summed E-state index contributed by atoms with van der Waals surface area (Å²) in [7, 11) is 3.86. The topological polar surface area (TPSA) is 56.3 Å². The fourth-order valence-electron chi connectivity index (χ4n) is 3.14. The van der Waals surface area contributed by atoms with Crippen LogP contribution in [0.5, 0.6) is 0 Å². The molecule has 0 aliphatic carbocycles. The lowest BCUT2D eigenvalue weighted by Gasteiger charge is -2.21. The minimum Gasteiger partial charge on any atom is -0.358 e. The number of aliphatic imine (C=N–C) groups is 1. The van der Waals surface area contributed by atoms with E-state index in [-0.39, 0.29) is 24.0 Å². The monoisotopic (exact) mass is 483 g/mol. The van der Waals surface area contributed by atoms with Gasteiger partial charge in [-0.05, 0) is 31.9 Å². The first-order valence-electron chi connectivity index (χ1n) is 8.47. The van der Waals surface area contributed by atoms with Crippen LogP contribution in [0.15, 0.2) is 34.6 Å². The van der Waals surface area contributed by atoms with E-state index in [4.69, 9.17) is 0 Å². The van der Waals surface area contributed by atoms with Crippen LogP contribution in [0.25, 0.3) is 10.9 Å². The van der Waals surface area contributed by atoms with E-state index >= 15 is 0 Å². The molecule has 0 unspecified atom stereocenters. The number of H-pyrrole nitrogens is 1. The van der Waals surface area contributed by atoms with Gasteiger partial charge in [-0.25, -0.2) is 4.98 Å². The molecule has 26 heavy (non-hydrogen) atoms. The van der Waals surface area contributed by atoms with E-state index in [9.17, 15) is 0 Å². The molecule has 0 radical (unpaired) electrons. The van der Waals surface area contributed by atoms with Gasteiger partial charge in [-0.1, -0.05) is 18.2 Å². The van der Waals surface area contributed by atoms with Gasteiger partial charge in [-0.15, -0.1) is 35.3 Å². The van der Waals surface area contributed by atoms with Crippen molar-refractivity contribution >= 4 is 52.2 Å². The van der Waals surface area contributed by atoms with Crippen molar-refractivity contribution in [2.24, 2.45) is 4.99 Å². The average Bonchev–Trinajstić information content (AvgIpc) is 3.14. The number of thiazole rings is 1. The number of hydrogen-bond acceptors (Lipinski definition) is 3. The van der Waals surface area contributed by atoms with Crippen molar-refractivity contribution in [2.75, 3.05) is 20.6 Å². The van der Waals surface area contributed by atoms with Crippen molar-refractivity contribution in [3.05, 3.63) is 51.6 Å². The van der Waals surface area contributed by atoms with Crippen molar-refractivity contribution in [1.82, 2.24) is 20.2 Å². The van der Waals surface area contributed by atoms with Gasteiger partial charge in [0.2, 0.25) is 0 Å². The number of para-hydroxylation sites is 1. The lowest BCUT2D eigenvalue weighted by Crippen LogP contribution is -2.39. The Morgan fingerprint density at radius 1 is 1.31 bits per heavy atom. The predicted molar refractivity (Wildman–Crippen MR) is 122 cm³/mol. The zero-order chi connectivity index (χ0) is 17.8. The molecule has 5 nitrogen and oxygen atoms in total. The number of benzene rings is 1. The van der Waals surface area contributed by atoms with E-state index in [1.165, 1.54) is 22.2 Å².